The molecule has 6 heteroatoms. The van der Waals surface area contributed by atoms with Gasteiger partial charge in [0.1, 0.15) is 11.5 Å². The standard InChI is InChI=1S/C10H12ClNO4/c1-16-9-4-8(13)5(2-6(9)11)7(12)3-10(14)15/h2,4,7,13H,3,12H2,1H3,(H,14,15). The maximum Gasteiger partial charge on any atom is 0.305 e. The van der Waals surface area contributed by atoms with E-state index in [0.29, 0.717) is 5.75 Å². The number of hydrogen-bond donors (Lipinski definition) is 3. The third-order valence-corrected chi connectivity index (χ3v) is 2.39. The second kappa shape index (κ2) is 5.05. The number of halogens is 1. The first kappa shape index (κ1) is 12.6. The molecule has 1 unspecified atom stereocenters. The van der Waals surface area contributed by atoms with Gasteiger partial charge in [0.05, 0.1) is 18.6 Å². The van der Waals surface area contributed by atoms with Gasteiger partial charge in [-0.05, 0) is 6.07 Å². The molecule has 0 aromatic heterocycles. The SMILES string of the molecule is COc1cc(O)c(C(N)CC(=O)O)cc1Cl. The highest BCUT2D eigenvalue weighted by molar-refractivity contribution is 6.32. The number of aromatic hydroxyl groups is 1. The van der Waals surface area contributed by atoms with E-state index in [1.165, 1.54) is 19.2 Å². The number of hydrogen-bond acceptors (Lipinski definition) is 4. The van der Waals surface area contributed by atoms with Crippen LogP contribution in [0.5, 0.6) is 11.5 Å². The van der Waals surface area contributed by atoms with Crippen molar-refractivity contribution in [2.24, 2.45) is 5.73 Å². The Labute approximate surface area is 97.4 Å². The van der Waals surface area contributed by atoms with Crippen LogP contribution in [0.1, 0.15) is 18.0 Å². The molecule has 0 aliphatic heterocycles. The number of phenols is 1. The molecule has 0 bridgehead atoms. The van der Waals surface area contributed by atoms with Crippen molar-refractivity contribution in [1.82, 2.24) is 0 Å². The zero-order chi connectivity index (χ0) is 12.3. The molecular weight excluding hydrogens is 234 g/mol. The van der Waals surface area contributed by atoms with Crippen LogP contribution in [0.15, 0.2) is 12.1 Å². The van der Waals surface area contributed by atoms with E-state index in [-0.39, 0.29) is 22.8 Å². The third kappa shape index (κ3) is 2.77. The lowest BCUT2D eigenvalue weighted by molar-refractivity contribution is -0.137. The van der Waals surface area contributed by atoms with Crippen LogP contribution in [0.25, 0.3) is 0 Å². The fourth-order valence-electron chi connectivity index (χ4n) is 1.31. The molecule has 5 nitrogen and oxygen atoms in total. The molecule has 0 heterocycles. The summed E-state index contributed by atoms with van der Waals surface area (Å²) in [5.41, 5.74) is 5.90. The zero-order valence-electron chi connectivity index (χ0n) is 8.61. The maximum absolute atomic E-state index is 10.5. The van der Waals surface area contributed by atoms with Gasteiger partial charge in [0.15, 0.2) is 0 Å². The van der Waals surface area contributed by atoms with Crippen molar-refractivity contribution in [2.45, 2.75) is 12.5 Å². The summed E-state index contributed by atoms with van der Waals surface area (Å²) in [6, 6.07) is 1.91. The number of carbonyl (C=O) groups is 1. The predicted molar refractivity (Wildman–Crippen MR) is 58.9 cm³/mol. The van der Waals surface area contributed by atoms with Crippen LogP contribution in [-0.2, 0) is 4.79 Å². The van der Waals surface area contributed by atoms with Gasteiger partial charge < -0.3 is 20.7 Å². The topological polar surface area (TPSA) is 92.8 Å². The summed E-state index contributed by atoms with van der Waals surface area (Å²) in [6.45, 7) is 0. The quantitative estimate of drug-likeness (QED) is 0.748. The lowest BCUT2D eigenvalue weighted by Crippen LogP contribution is -2.15. The molecule has 0 spiro atoms. The van der Waals surface area contributed by atoms with E-state index in [2.05, 4.69) is 0 Å². The Morgan fingerprint density at radius 2 is 2.25 bits per heavy atom. The van der Waals surface area contributed by atoms with E-state index >= 15 is 0 Å². The number of nitrogens with two attached hydrogens (primary N) is 1. The largest absolute Gasteiger partial charge is 0.507 e. The molecule has 0 aliphatic carbocycles. The first-order valence-electron chi connectivity index (χ1n) is 4.49. The minimum Gasteiger partial charge on any atom is -0.507 e. The van der Waals surface area contributed by atoms with E-state index in [1.54, 1.807) is 0 Å². The Bertz CT molecular complexity index is 408. The van der Waals surface area contributed by atoms with Gasteiger partial charge in [-0.2, -0.15) is 0 Å². The summed E-state index contributed by atoms with van der Waals surface area (Å²) in [5, 5.41) is 18.5. The van der Waals surface area contributed by atoms with Crippen molar-refractivity contribution < 1.29 is 19.7 Å². The number of aliphatic carboxylic acids is 1. The monoisotopic (exact) mass is 245 g/mol. The normalized spacial score (nSPS) is 12.2. The third-order valence-electron chi connectivity index (χ3n) is 2.10. The first-order valence-corrected chi connectivity index (χ1v) is 4.87. The van der Waals surface area contributed by atoms with Crippen molar-refractivity contribution in [3.63, 3.8) is 0 Å². The average Bonchev–Trinajstić information content (AvgIpc) is 2.19. The summed E-state index contributed by atoms with van der Waals surface area (Å²) >= 11 is 5.84. The molecule has 0 amide bonds. The maximum atomic E-state index is 10.5. The predicted octanol–water partition coefficient (Wildman–Crippen LogP) is 1.53. The van der Waals surface area contributed by atoms with Gasteiger partial charge in [0.2, 0.25) is 0 Å². The van der Waals surface area contributed by atoms with Crippen LogP contribution in [-0.4, -0.2) is 23.3 Å². The van der Waals surface area contributed by atoms with Gasteiger partial charge in [-0.1, -0.05) is 11.6 Å². The molecule has 88 valence electrons. The summed E-state index contributed by atoms with van der Waals surface area (Å²) in [5.74, 6) is -0.862. The van der Waals surface area contributed by atoms with Crippen LogP contribution >= 0.6 is 11.6 Å². The smallest absolute Gasteiger partial charge is 0.305 e. The number of phenolic OH excluding ortho intramolecular Hbond substituents is 1. The Balaban J connectivity index is 3.05. The van der Waals surface area contributed by atoms with E-state index in [9.17, 15) is 9.90 Å². The minimum absolute atomic E-state index is 0.130. The minimum atomic E-state index is -1.04. The Hall–Kier alpha value is -1.46. The highest BCUT2D eigenvalue weighted by Crippen LogP contribution is 2.35. The fraction of sp³-hybridized carbons (Fsp3) is 0.300. The molecule has 0 aliphatic rings. The summed E-state index contributed by atoms with van der Waals surface area (Å²) < 4.78 is 4.89. The van der Waals surface area contributed by atoms with Crippen LogP contribution in [0.4, 0.5) is 0 Å². The Morgan fingerprint density at radius 3 is 2.75 bits per heavy atom. The number of carboxylic acid groups (broad SMARTS) is 1. The molecular formula is C10H12ClNO4. The van der Waals surface area contributed by atoms with Gasteiger partial charge in [-0.3, -0.25) is 4.79 Å². The second-order valence-corrected chi connectivity index (χ2v) is 3.66. The number of methoxy groups -OCH3 is 1. The van der Waals surface area contributed by atoms with E-state index in [1.807, 2.05) is 0 Å². The molecule has 1 atom stereocenters. The van der Waals surface area contributed by atoms with Crippen LogP contribution in [0.3, 0.4) is 0 Å². The number of benzene rings is 1. The molecule has 0 saturated heterocycles. The van der Waals surface area contributed by atoms with Gasteiger partial charge in [0.25, 0.3) is 0 Å². The molecule has 1 rings (SSSR count). The van der Waals surface area contributed by atoms with Crippen molar-refractivity contribution >= 4 is 17.6 Å². The Kier molecular flexibility index (Phi) is 3.98. The van der Waals surface area contributed by atoms with Crippen LogP contribution in [0, 0.1) is 0 Å². The fourth-order valence-corrected chi connectivity index (χ4v) is 1.56. The van der Waals surface area contributed by atoms with Crippen LogP contribution in [0.2, 0.25) is 5.02 Å². The summed E-state index contributed by atoms with van der Waals surface area (Å²) in [7, 11) is 1.41. The van der Waals surface area contributed by atoms with Crippen molar-refractivity contribution in [2.75, 3.05) is 7.11 Å². The Morgan fingerprint density at radius 1 is 1.62 bits per heavy atom. The molecule has 1 aromatic carbocycles. The lowest BCUT2D eigenvalue weighted by Gasteiger charge is -2.13. The summed E-state index contributed by atoms with van der Waals surface area (Å²) in [4.78, 5) is 10.5. The second-order valence-electron chi connectivity index (χ2n) is 3.25. The highest BCUT2D eigenvalue weighted by atomic mass is 35.5. The average molecular weight is 246 g/mol. The molecule has 4 N–H and O–H groups in total. The van der Waals surface area contributed by atoms with Crippen molar-refractivity contribution in [1.29, 1.82) is 0 Å². The van der Waals surface area contributed by atoms with Gasteiger partial charge in [-0.25, -0.2) is 0 Å². The number of ether oxygens (including phenoxy) is 1. The van der Waals surface area contributed by atoms with Gasteiger partial charge in [-0.15, -0.1) is 0 Å². The zero-order valence-corrected chi connectivity index (χ0v) is 9.36. The number of carboxylic acids is 1. The van der Waals surface area contributed by atoms with Gasteiger partial charge in [0, 0.05) is 17.7 Å². The molecule has 1 aromatic rings. The highest BCUT2D eigenvalue weighted by Gasteiger charge is 2.17. The molecule has 0 radical (unpaired) electrons. The van der Waals surface area contributed by atoms with E-state index < -0.39 is 12.0 Å². The van der Waals surface area contributed by atoms with Crippen LogP contribution < -0.4 is 10.5 Å². The van der Waals surface area contributed by atoms with E-state index in [0.717, 1.165) is 0 Å². The van der Waals surface area contributed by atoms with E-state index in [4.69, 9.17) is 27.2 Å². The lowest BCUT2D eigenvalue weighted by atomic mass is 10.0. The summed E-state index contributed by atoms with van der Waals surface area (Å²) in [6.07, 6.45) is -0.282. The first-order chi connectivity index (χ1) is 7.45. The van der Waals surface area contributed by atoms with Crippen molar-refractivity contribution in [3.05, 3.63) is 22.7 Å². The molecule has 0 fully saturated rings. The van der Waals surface area contributed by atoms with Gasteiger partial charge >= 0.3 is 5.97 Å². The number of rotatable bonds is 4. The molecule has 0 saturated carbocycles. The molecule has 16 heavy (non-hydrogen) atoms. The van der Waals surface area contributed by atoms with Crippen molar-refractivity contribution in [3.8, 4) is 11.5 Å².